The molecule has 0 spiro atoms. The number of aromatic nitrogens is 1. The van der Waals surface area contributed by atoms with E-state index in [4.69, 9.17) is 0 Å². The van der Waals surface area contributed by atoms with E-state index in [0.717, 1.165) is 38.7 Å². The Morgan fingerprint density at radius 1 is 0.897 bits per heavy atom. The molecule has 0 radical (unpaired) electrons. The average molecular weight is 532 g/mol. The van der Waals surface area contributed by atoms with Crippen LogP contribution in [0.5, 0.6) is 0 Å². The molecule has 1 aromatic heterocycles. The summed E-state index contributed by atoms with van der Waals surface area (Å²) in [6, 6.07) is 30.1. The van der Waals surface area contributed by atoms with Crippen LogP contribution in [0.15, 0.2) is 102 Å². The Balaban J connectivity index is 1.25. The second kappa shape index (κ2) is 10.3. The minimum Gasteiger partial charge on any atom is -0.342 e. The average Bonchev–Trinajstić information content (AvgIpc) is 3.41. The summed E-state index contributed by atoms with van der Waals surface area (Å²) in [6.45, 7) is 2.22. The van der Waals surface area contributed by atoms with Gasteiger partial charge < -0.3 is 9.88 Å². The first kappa shape index (κ1) is 24.7. The number of rotatable bonds is 6. The Hall–Kier alpha value is -4.62. The van der Waals surface area contributed by atoms with Crippen molar-refractivity contribution in [2.45, 2.75) is 13.5 Å². The number of para-hydroxylation sites is 2. The van der Waals surface area contributed by atoms with Crippen LogP contribution in [0.25, 0.3) is 27.8 Å². The molecule has 1 saturated heterocycles. The fourth-order valence-corrected chi connectivity index (χ4v) is 5.71. The second-order valence-electron chi connectivity index (χ2n) is 9.54. The zero-order chi connectivity index (χ0) is 26.9. The molecule has 1 aliphatic heterocycles. The minimum atomic E-state index is -0.462. The summed E-state index contributed by atoms with van der Waals surface area (Å²) in [7, 11) is 0. The van der Waals surface area contributed by atoms with Gasteiger partial charge in [-0.2, -0.15) is 0 Å². The van der Waals surface area contributed by atoms with E-state index in [1.807, 2.05) is 61.7 Å². The smallest absolute Gasteiger partial charge is 0.294 e. The maximum absolute atomic E-state index is 13.2. The van der Waals surface area contributed by atoms with Crippen LogP contribution in [0.4, 0.5) is 10.5 Å². The third kappa shape index (κ3) is 4.96. The molecular formula is C32H25N3O3S. The molecule has 0 aliphatic carbocycles. The molecule has 0 bridgehead atoms. The molecule has 6 nitrogen and oxygen atoms in total. The molecule has 0 atom stereocenters. The van der Waals surface area contributed by atoms with Crippen molar-refractivity contribution in [1.82, 2.24) is 9.47 Å². The summed E-state index contributed by atoms with van der Waals surface area (Å²) < 4.78 is 2.16. The van der Waals surface area contributed by atoms with Crippen molar-refractivity contribution in [3.63, 3.8) is 0 Å². The quantitative estimate of drug-likeness (QED) is 0.244. The van der Waals surface area contributed by atoms with Gasteiger partial charge >= 0.3 is 0 Å². The zero-order valence-electron chi connectivity index (χ0n) is 21.3. The summed E-state index contributed by atoms with van der Waals surface area (Å²) in [6.07, 6.45) is 3.77. The molecule has 192 valence electrons. The number of benzene rings is 4. The van der Waals surface area contributed by atoms with Crippen LogP contribution in [0.1, 0.15) is 16.7 Å². The SMILES string of the molecule is Cc1ccccc1NC(=O)CN1C(=O)S/C(=C\c2cn(Cc3ccc4ccccc4c3)c3ccccc23)C1=O. The fourth-order valence-electron chi connectivity index (χ4n) is 4.88. The van der Waals surface area contributed by atoms with Gasteiger partial charge in [0.15, 0.2) is 0 Å². The number of thioether (sulfide) groups is 1. The van der Waals surface area contributed by atoms with E-state index in [0.29, 0.717) is 17.1 Å². The molecule has 1 N–H and O–H groups in total. The number of fused-ring (bicyclic) bond motifs is 2. The first-order valence-corrected chi connectivity index (χ1v) is 13.4. The number of nitrogens with one attached hydrogen (secondary N) is 1. The maximum Gasteiger partial charge on any atom is 0.294 e. The van der Waals surface area contributed by atoms with E-state index in [9.17, 15) is 14.4 Å². The van der Waals surface area contributed by atoms with E-state index >= 15 is 0 Å². The fraction of sp³-hybridized carbons (Fsp3) is 0.0938. The predicted octanol–water partition coefficient (Wildman–Crippen LogP) is 6.83. The third-order valence-corrected chi connectivity index (χ3v) is 7.77. The minimum absolute atomic E-state index is 0.303. The van der Waals surface area contributed by atoms with Crippen LogP contribution in [0, 0.1) is 6.92 Å². The summed E-state index contributed by atoms with van der Waals surface area (Å²) in [4.78, 5) is 39.8. The van der Waals surface area contributed by atoms with Crippen LogP contribution in [0.2, 0.25) is 0 Å². The summed E-state index contributed by atoms with van der Waals surface area (Å²) in [5.74, 6) is -0.879. The van der Waals surface area contributed by atoms with Crippen LogP contribution in [-0.4, -0.2) is 33.1 Å². The highest BCUT2D eigenvalue weighted by Crippen LogP contribution is 2.34. The number of nitrogens with zero attached hydrogens (tertiary/aromatic N) is 2. The van der Waals surface area contributed by atoms with Gasteiger partial charge in [0.25, 0.3) is 11.1 Å². The van der Waals surface area contributed by atoms with Crippen molar-refractivity contribution in [2.75, 3.05) is 11.9 Å². The molecule has 4 aromatic carbocycles. The van der Waals surface area contributed by atoms with Gasteiger partial charge in [0, 0.05) is 34.9 Å². The highest BCUT2D eigenvalue weighted by Gasteiger charge is 2.36. The van der Waals surface area contributed by atoms with Crippen molar-refractivity contribution in [3.05, 3.63) is 119 Å². The molecular weight excluding hydrogens is 506 g/mol. The van der Waals surface area contributed by atoms with E-state index in [1.54, 1.807) is 12.1 Å². The first-order chi connectivity index (χ1) is 19.0. The summed E-state index contributed by atoms with van der Waals surface area (Å²) in [5.41, 5.74) is 4.61. The number of carbonyl (C=O) groups is 3. The van der Waals surface area contributed by atoms with Gasteiger partial charge in [0.05, 0.1) is 4.91 Å². The van der Waals surface area contributed by atoms with Crippen LogP contribution in [-0.2, 0) is 16.1 Å². The molecule has 6 rings (SSSR count). The Morgan fingerprint density at radius 3 is 2.49 bits per heavy atom. The Labute approximate surface area is 229 Å². The number of anilines is 1. The topological polar surface area (TPSA) is 71.4 Å². The van der Waals surface area contributed by atoms with Crippen molar-refractivity contribution in [1.29, 1.82) is 0 Å². The van der Waals surface area contributed by atoms with Gasteiger partial charge in [0.1, 0.15) is 6.54 Å². The first-order valence-electron chi connectivity index (χ1n) is 12.6. The molecule has 1 fully saturated rings. The lowest BCUT2D eigenvalue weighted by molar-refractivity contribution is -0.127. The van der Waals surface area contributed by atoms with Gasteiger partial charge in [-0.05, 0) is 64.9 Å². The Morgan fingerprint density at radius 2 is 1.64 bits per heavy atom. The van der Waals surface area contributed by atoms with Crippen molar-refractivity contribution in [2.24, 2.45) is 0 Å². The number of carbonyl (C=O) groups excluding carboxylic acids is 3. The molecule has 2 heterocycles. The maximum atomic E-state index is 13.2. The number of hydrogen-bond donors (Lipinski definition) is 1. The van der Waals surface area contributed by atoms with Gasteiger partial charge in [-0.3, -0.25) is 19.3 Å². The molecule has 0 saturated carbocycles. The van der Waals surface area contributed by atoms with Gasteiger partial charge in [0.2, 0.25) is 5.91 Å². The molecule has 7 heteroatoms. The molecule has 0 unspecified atom stereocenters. The molecule has 39 heavy (non-hydrogen) atoms. The zero-order valence-corrected chi connectivity index (χ0v) is 22.1. The molecule has 5 aromatic rings. The highest BCUT2D eigenvalue weighted by molar-refractivity contribution is 8.18. The summed E-state index contributed by atoms with van der Waals surface area (Å²) in [5, 5.41) is 5.71. The lowest BCUT2D eigenvalue weighted by atomic mass is 10.1. The highest BCUT2D eigenvalue weighted by atomic mass is 32.2. The van der Waals surface area contributed by atoms with Gasteiger partial charge in [-0.1, -0.05) is 72.8 Å². The van der Waals surface area contributed by atoms with Gasteiger partial charge in [-0.25, -0.2) is 0 Å². The third-order valence-electron chi connectivity index (χ3n) is 6.87. The number of aryl methyl sites for hydroxylation is 1. The summed E-state index contributed by atoms with van der Waals surface area (Å²) >= 11 is 0.861. The largest absolute Gasteiger partial charge is 0.342 e. The number of hydrogen-bond acceptors (Lipinski definition) is 4. The van der Waals surface area contributed by atoms with Gasteiger partial charge in [-0.15, -0.1) is 0 Å². The van der Waals surface area contributed by atoms with Crippen molar-refractivity contribution in [3.8, 4) is 0 Å². The number of amides is 3. The monoisotopic (exact) mass is 531 g/mol. The normalized spacial score (nSPS) is 14.6. The number of imide groups is 1. The van der Waals surface area contributed by atoms with E-state index in [2.05, 4.69) is 46.3 Å². The lowest BCUT2D eigenvalue weighted by Crippen LogP contribution is -2.36. The molecule has 1 aliphatic rings. The van der Waals surface area contributed by atoms with E-state index < -0.39 is 17.1 Å². The van der Waals surface area contributed by atoms with Crippen LogP contribution in [0.3, 0.4) is 0 Å². The van der Waals surface area contributed by atoms with E-state index in [1.165, 1.54) is 16.3 Å². The van der Waals surface area contributed by atoms with Crippen LogP contribution < -0.4 is 5.32 Å². The Kier molecular flexibility index (Phi) is 6.50. The lowest BCUT2D eigenvalue weighted by Gasteiger charge is -2.13. The van der Waals surface area contributed by atoms with E-state index in [-0.39, 0.29) is 6.54 Å². The van der Waals surface area contributed by atoms with Crippen molar-refractivity contribution < 1.29 is 14.4 Å². The van der Waals surface area contributed by atoms with Crippen LogP contribution >= 0.6 is 11.8 Å². The Bertz CT molecular complexity index is 1800. The second-order valence-corrected chi connectivity index (χ2v) is 10.5. The van der Waals surface area contributed by atoms with Crippen molar-refractivity contribution >= 4 is 62.3 Å². The standard InChI is InChI=1S/C32H25N3O3S/c1-21-8-2-6-12-27(21)33-30(36)20-35-31(37)29(39-32(35)38)17-25-19-34(28-13-7-5-11-26(25)28)18-22-14-15-23-9-3-4-10-24(23)16-22/h2-17,19H,18,20H2,1H3,(H,33,36)/b29-17-. The molecule has 3 amide bonds. The predicted molar refractivity (Wildman–Crippen MR) is 157 cm³/mol.